The van der Waals surface area contributed by atoms with Crippen molar-refractivity contribution in [1.82, 2.24) is 14.4 Å². The average Bonchev–Trinajstić information content (AvgIpc) is 3.08. The number of hydrogen-bond donors (Lipinski definition) is 2. The summed E-state index contributed by atoms with van der Waals surface area (Å²) in [5.74, 6) is 0.602. The molecule has 0 fully saturated rings. The van der Waals surface area contributed by atoms with E-state index in [1.165, 1.54) is 0 Å². The van der Waals surface area contributed by atoms with Gasteiger partial charge in [0.1, 0.15) is 17.3 Å². The van der Waals surface area contributed by atoms with Crippen LogP contribution in [0.25, 0.3) is 16.9 Å². The van der Waals surface area contributed by atoms with Crippen molar-refractivity contribution in [1.29, 1.82) is 0 Å². The van der Waals surface area contributed by atoms with Crippen LogP contribution < -0.4 is 5.32 Å². The van der Waals surface area contributed by atoms with E-state index in [0.29, 0.717) is 17.8 Å². The lowest BCUT2D eigenvalue weighted by molar-refractivity contribution is 0.0526. The summed E-state index contributed by atoms with van der Waals surface area (Å²) < 4.78 is 6.91. The van der Waals surface area contributed by atoms with Crippen LogP contribution in [0.1, 0.15) is 17.3 Å². The molecule has 4 rings (SSSR count). The standard InChI is InChI=1S/C21H18N4O3/c1-2-28-21(27)15-3-7-16(8-4-15)23-20-19(14-5-9-17(26)10-6-14)24-18-13-22-11-12-25(18)20/h3-13,23,26H,2H2,1H3. The second-order valence-electron chi connectivity index (χ2n) is 6.08. The third kappa shape index (κ3) is 3.37. The number of fused-ring (bicyclic) bond motifs is 1. The molecular weight excluding hydrogens is 356 g/mol. The molecule has 2 N–H and O–H groups in total. The van der Waals surface area contributed by atoms with E-state index < -0.39 is 0 Å². The molecule has 4 aromatic rings. The summed E-state index contributed by atoms with van der Waals surface area (Å²) in [5, 5.41) is 12.9. The Morgan fingerprint density at radius 2 is 1.89 bits per heavy atom. The van der Waals surface area contributed by atoms with Crippen molar-refractivity contribution in [3.63, 3.8) is 0 Å². The fourth-order valence-electron chi connectivity index (χ4n) is 2.89. The SMILES string of the molecule is CCOC(=O)c1ccc(Nc2c(-c3ccc(O)cc3)nc3cnccn23)cc1. The molecule has 0 unspecified atom stereocenters. The molecule has 0 atom stereocenters. The maximum atomic E-state index is 11.8. The van der Waals surface area contributed by atoms with Crippen LogP contribution in [-0.2, 0) is 4.74 Å². The highest BCUT2D eigenvalue weighted by Crippen LogP contribution is 2.31. The van der Waals surface area contributed by atoms with Gasteiger partial charge in [0.05, 0.1) is 18.4 Å². The predicted molar refractivity (Wildman–Crippen MR) is 106 cm³/mol. The molecule has 7 nitrogen and oxygen atoms in total. The number of carbonyl (C=O) groups is 1. The summed E-state index contributed by atoms with van der Waals surface area (Å²) in [4.78, 5) is 20.6. The fraction of sp³-hybridized carbons (Fsp3) is 0.0952. The van der Waals surface area contributed by atoms with Gasteiger partial charge in [-0.15, -0.1) is 0 Å². The number of aromatic hydroxyl groups is 1. The van der Waals surface area contributed by atoms with Crippen LogP contribution in [0.4, 0.5) is 11.5 Å². The van der Waals surface area contributed by atoms with Gasteiger partial charge in [-0.25, -0.2) is 9.78 Å². The topological polar surface area (TPSA) is 88.8 Å². The van der Waals surface area contributed by atoms with Crippen molar-refractivity contribution >= 4 is 23.1 Å². The van der Waals surface area contributed by atoms with Crippen LogP contribution in [0.5, 0.6) is 5.75 Å². The third-order valence-electron chi connectivity index (χ3n) is 4.23. The number of imidazole rings is 1. The molecule has 0 spiro atoms. The first kappa shape index (κ1) is 17.5. The molecule has 140 valence electrons. The highest BCUT2D eigenvalue weighted by Gasteiger charge is 2.15. The number of nitrogens with zero attached hydrogens (tertiary/aromatic N) is 3. The smallest absolute Gasteiger partial charge is 0.338 e. The van der Waals surface area contributed by atoms with E-state index in [9.17, 15) is 9.90 Å². The zero-order valence-corrected chi connectivity index (χ0v) is 15.2. The molecule has 0 aliphatic heterocycles. The molecule has 0 aliphatic rings. The summed E-state index contributed by atoms with van der Waals surface area (Å²) in [5.41, 5.74) is 3.56. The number of rotatable bonds is 5. The zero-order valence-electron chi connectivity index (χ0n) is 15.2. The number of anilines is 2. The first-order valence-electron chi connectivity index (χ1n) is 8.81. The zero-order chi connectivity index (χ0) is 19.5. The van der Waals surface area contributed by atoms with Crippen LogP contribution in [-0.4, -0.2) is 32.1 Å². The lowest BCUT2D eigenvalue weighted by Crippen LogP contribution is -2.04. The van der Waals surface area contributed by atoms with Crippen LogP contribution in [0, 0.1) is 0 Å². The van der Waals surface area contributed by atoms with E-state index in [1.807, 2.05) is 22.7 Å². The van der Waals surface area contributed by atoms with Crippen molar-refractivity contribution in [2.75, 3.05) is 11.9 Å². The van der Waals surface area contributed by atoms with E-state index in [2.05, 4.69) is 15.3 Å². The van der Waals surface area contributed by atoms with Crippen LogP contribution in [0.2, 0.25) is 0 Å². The van der Waals surface area contributed by atoms with Gasteiger partial charge in [-0.05, 0) is 55.5 Å². The summed E-state index contributed by atoms with van der Waals surface area (Å²) in [6, 6.07) is 13.9. The Morgan fingerprint density at radius 1 is 1.14 bits per heavy atom. The highest BCUT2D eigenvalue weighted by molar-refractivity contribution is 5.90. The van der Waals surface area contributed by atoms with Gasteiger partial charge in [0.15, 0.2) is 5.65 Å². The summed E-state index contributed by atoms with van der Waals surface area (Å²) in [6.45, 7) is 2.11. The Labute approximate surface area is 161 Å². The quantitative estimate of drug-likeness (QED) is 0.513. The molecule has 0 saturated carbocycles. The Morgan fingerprint density at radius 3 is 2.61 bits per heavy atom. The number of benzene rings is 2. The molecule has 0 bridgehead atoms. The Balaban J connectivity index is 1.72. The van der Waals surface area contributed by atoms with E-state index >= 15 is 0 Å². The van der Waals surface area contributed by atoms with Crippen molar-refractivity contribution in [3.8, 4) is 17.0 Å². The number of phenolic OH excluding ortho intramolecular Hbond substituents is 1. The van der Waals surface area contributed by atoms with Crippen molar-refractivity contribution in [3.05, 3.63) is 72.7 Å². The maximum Gasteiger partial charge on any atom is 0.338 e. The Bertz CT molecular complexity index is 1120. The lowest BCUT2D eigenvalue weighted by atomic mass is 10.1. The number of esters is 1. The number of nitrogens with one attached hydrogen (secondary N) is 1. The minimum atomic E-state index is -0.347. The van der Waals surface area contributed by atoms with E-state index in [0.717, 1.165) is 22.8 Å². The molecule has 0 saturated heterocycles. The highest BCUT2D eigenvalue weighted by atomic mass is 16.5. The summed E-state index contributed by atoms with van der Waals surface area (Å²) in [7, 11) is 0. The molecule has 0 aliphatic carbocycles. The Hall–Kier alpha value is -3.87. The van der Waals surface area contributed by atoms with Gasteiger partial charge in [0.2, 0.25) is 0 Å². The molecule has 28 heavy (non-hydrogen) atoms. The van der Waals surface area contributed by atoms with E-state index in [4.69, 9.17) is 4.74 Å². The number of phenols is 1. The van der Waals surface area contributed by atoms with Crippen molar-refractivity contribution < 1.29 is 14.6 Å². The second-order valence-corrected chi connectivity index (χ2v) is 6.08. The number of aromatic nitrogens is 3. The lowest BCUT2D eigenvalue weighted by Gasteiger charge is -2.10. The van der Waals surface area contributed by atoms with Gasteiger partial charge in [0, 0.05) is 23.6 Å². The monoisotopic (exact) mass is 374 g/mol. The first-order valence-corrected chi connectivity index (χ1v) is 8.81. The predicted octanol–water partition coefficient (Wildman–Crippen LogP) is 4.02. The normalized spacial score (nSPS) is 10.8. The molecule has 7 heteroatoms. The van der Waals surface area contributed by atoms with Gasteiger partial charge in [-0.2, -0.15) is 0 Å². The molecule has 0 radical (unpaired) electrons. The van der Waals surface area contributed by atoms with Crippen LogP contribution >= 0.6 is 0 Å². The average molecular weight is 374 g/mol. The number of carbonyl (C=O) groups excluding carboxylic acids is 1. The van der Waals surface area contributed by atoms with Gasteiger partial charge in [-0.1, -0.05) is 0 Å². The van der Waals surface area contributed by atoms with Gasteiger partial charge >= 0.3 is 5.97 Å². The van der Waals surface area contributed by atoms with Crippen molar-refractivity contribution in [2.24, 2.45) is 0 Å². The number of hydrogen-bond acceptors (Lipinski definition) is 6. The second kappa shape index (κ2) is 7.40. The summed E-state index contributed by atoms with van der Waals surface area (Å²) in [6.07, 6.45) is 5.19. The molecule has 2 aromatic heterocycles. The van der Waals surface area contributed by atoms with Crippen molar-refractivity contribution in [2.45, 2.75) is 6.92 Å². The van der Waals surface area contributed by atoms with Crippen LogP contribution in [0.3, 0.4) is 0 Å². The molecule has 0 amide bonds. The van der Waals surface area contributed by atoms with Gasteiger partial charge in [0.25, 0.3) is 0 Å². The first-order chi connectivity index (χ1) is 13.7. The minimum absolute atomic E-state index is 0.193. The largest absolute Gasteiger partial charge is 0.508 e. The van der Waals surface area contributed by atoms with E-state index in [1.54, 1.807) is 55.7 Å². The Kier molecular flexibility index (Phi) is 4.63. The third-order valence-corrected chi connectivity index (χ3v) is 4.23. The summed E-state index contributed by atoms with van der Waals surface area (Å²) >= 11 is 0. The molecular formula is C21H18N4O3. The molecule has 2 aromatic carbocycles. The maximum absolute atomic E-state index is 11.8. The van der Waals surface area contributed by atoms with Crippen LogP contribution in [0.15, 0.2) is 67.1 Å². The minimum Gasteiger partial charge on any atom is -0.508 e. The van der Waals surface area contributed by atoms with E-state index in [-0.39, 0.29) is 11.7 Å². The molecule has 2 heterocycles. The fourth-order valence-corrected chi connectivity index (χ4v) is 2.89. The van der Waals surface area contributed by atoms with Gasteiger partial charge < -0.3 is 15.2 Å². The number of ether oxygens (including phenoxy) is 1. The van der Waals surface area contributed by atoms with Gasteiger partial charge in [-0.3, -0.25) is 9.38 Å².